The van der Waals surface area contributed by atoms with Crippen molar-refractivity contribution in [3.05, 3.63) is 29.8 Å². The van der Waals surface area contributed by atoms with Crippen molar-refractivity contribution in [2.24, 2.45) is 16.5 Å². The third kappa shape index (κ3) is 6.51. The van der Waals surface area contributed by atoms with E-state index >= 15 is 0 Å². The molecule has 0 amide bonds. The molecule has 0 radical (unpaired) electrons. The molecular weight excluding hydrogens is 250 g/mol. The second-order valence-corrected chi connectivity index (χ2v) is 3.58. The van der Waals surface area contributed by atoms with E-state index in [1.54, 1.807) is 26.2 Å². The Labute approximate surface area is 110 Å². The van der Waals surface area contributed by atoms with E-state index in [-0.39, 0.29) is 23.2 Å². The average molecular weight is 267 g/mol. The zero-order valence-corrected chi connectivity index (χ0v) is 10.7. The summed E-state index contributed by atoms with van der Waals surface area (Å²) in [5.41, 5.74) is 9.92. The first-order valence-electron chi connectivity index (χ1n) is 5.12. The third-order valence-corrected chi connectivity index (χ3v) is 1.79. The van der Waals surface area contributed by atoms with Crippen molar-refractivity contribution in [2.75, 3.05) is 14.1 Å². The quantitative estimate of drug-likeness (QED) is 0.352. The normalized spacial score (nSPS) is 8.74. The molecule has 0 saturated carbocycles. The number of aromatic carboxylic acids is 1. The van der Waals surface area contributed by atoms with Crippen molar-refractivity contribution in [3.63, 3.8) is 0 Å². The molecule has 0 spiro atoms. The lowest BCUT2D eigenvalue weighted by Gasteiger charge is -2.07. The number of aromatic hydroxyl groups is 1. The van der Waals surface area contributed by atoms with Crippen molar-refractivity contribution < 1.29 is 15.0 Å². The van der Waals surface area contributed by atoms with Crippen LogP contribution in [0.25, 0.3) is 0 Å². The van der Waals surface area contributed by atoms with Crippen LogP contribution in [0, 0.1) is 5.41 Å². The first kappa shape index (κ1) is 16.2. The van der Waals surface area contributed by atoms with Crippen molar-refractivity contribution in [3.8, 4) is 5.75 Å². The largest absolute Gasteiger partial charge is 0.507 e. The zero-order chi connectivity index (χ0) is 15.0. The number of carbonyl (C=O) groups is 1. The summed E-state index contributed by atoms with van der Waals surface area (Å²) in [6.07, 6.45) is 0. The predicted molar refractivity (Wildman–Crippen MR) is 72.3 cm³/mol. The number of guanidine groups is 2. The molecule has 0 aliphatic rings. The van der Waals surface area contributed by atoms with E-state index in [2.05, 4.69) is 4.99 Å². The number of carboxylic acid groups (broad SMARTS) is 1. The number of nitrogens with one attached hydrogen (secondary N) is 1. The van der Waals surface area contributed by atoms with Gasteiger partial charge in [0.1, 0.15) is 11.3 Å². The molecule has 19 heavy (non-hydrogen) atoms. The molecule has 1 aromatic carbocycles. The number of hydrogen-bond donors (Lipinski definition) is 5. The van der Waals surface area contributed by atoms with Gasteiger partial charge in [-0.15, -0.1) is 0 Å². The minimum atomic E-state index is -1.11. The van der Waals surface area contributed by atoms with E-state index in [0.717, 1.165) is 0 Å². The first-order chi connectivity index (χ1) is 8.75. The van der Waals surface area contributed by atoms with E-state index in [0.29, 0.717) is 0 Å². The Kier molecular flexibility index (Phi) is 6.44. The number of rotatable bonds is 1. The van der Waals surface area contributed by atoms with Gasteiger partial charge in [0, 0.05) is 14.1 Å². The highest BCUT2D eigenvalue weighted by Gasteiger charge is 2.05. The van der Waals surface area contributed by atoms with Gasteiger partial charge < -0.3 is 26.6 Å². The summed E-state index contributed by atoms with van der Waals surface area (Å²) in [5, 5.41) is 24.4. The number of phenols is 1. The van der Waals surface area contributed by atoms with Crippen molar-refractivity contribution >= 4 is 17.9 Å². The summed E-state index contributed by atoms with van der Waals surface area (Å²) >= 11 is 0. The highest BCUT2D eigenvalue weighted by atomic mass is 16.4. The summed E-state index contributed by atoms with van der Waals surface area (Å²) in [5.74, 6) is -1.35. The average Bonchev–Trinajstić information content (AvgIpc) is 2.29. The molecule has 0 saturated heterocycles. The monoisotopic (exact) mass is 267 g/mol. The van der Waals surface area contributed by atoms with Crippen molar-refractivity contribution in [1.82, 2.24) is 4.90 Å². The minimum absolute atomic E-state index is 0.0509. The molecule has 0 fully saturated rings. The highest BCUT2D eigenvalue weighted by Crippen LogP contribution is 2.14. The Balaban J connectivity index is 0.000000344. The van der Waals surface area contributed by atoms with Crippen LogP contribution in [-0.4, -0.2) is 47.1 Å². The second-order valence-electron chi connectivity index (χ2n) is 3.58. The Morgan fingerprint density at radius 1 is 1.32 bits per heavy atom. The Bertz CT molecular complexity index is 481. The van der Waals surface area contributed by atoms with Gasteiger partial charge in [-0.1, -0.05) is 12.1 Å². The van der Waals surface area contributed by atoms with Crippen LogP contribution in [-0.2, 0) is 0 Å². The molecular formula is C11H17N5O3. The molecule has 0 unspecified atom stereocenters. The lowest BCUT2D eigenvalue weighted by atomic mass is 10.2. The molecule has 0 aliphatic carbocycles. The van der Waals surface area contributed by atoms with E-state index in [1.165, 1.54) is 17.0 Å². The molecule has 0 aromatic heterocycles. The van der Waals surface area contributed by atoms with Crippen LogP contribution in [0.4, 0.5) is 0 Å². The van der Waals surface area contributed by atoms with Gasteiger partial charge in [0.15, 0.2) is 5.96 Å². The summed E-state index contributed by atoms with van der Waals surface area (Å²) < 4.78 is 0. The number of nitrogens with two attached hydrogens (primary N) is 2. The summed E-state index contributed by atoms with van der Waals surface area (Å²) in [6.45, 7) is 0. The van der Waals surface area contributed by atoms with E-state index in [9.17, 15) is 4.79 Å². The van der Waals surface area contributed by atoms with Crippen LogP contribution >= 0.6 is 0 Å². The smallest absolute Gasteiger partial charge is 0.339 e. The van der Waals surface area contributed by atoms with Crippen LogP contribution in [0.15, 0.2) is 29.3 Å². The molecule has 1 aromatic rings. The fourth-order valence-electron chi connectivity index (χ4n) is 0.877. The predicted octanol–water partition coefficient (Wildman–Crippen LogP) is -0.153. The molecule has 0 bridgehead atoms. The number of nitrogens with zero attached hydrogens (tertiary/aromatic N) is 2. The lowest BCUT2D eigenvalue weighted by Crippen LogP contribution is -2.28. The first-order valence-corrected chi connectivity index (χ1v) is 5.12. The minimum Gasteiger partial charge on any atom is -0.507 e. The maximum atomic E-state index is 10.3. The summed E-state index contributed by atoms with van der Waals surface area (Å²) in [6, 6.07) is 5.81. The van der Waals surface area contributed by atoms with Crippen LogP contribution in [0.1, 0.15) is 10.4 Å². The Morgan fingerprint density at radius 3 is 2.11 bits per heavy atom. The van der Waals surface area contributed by atoms with Crippen LogP contribution < -0.4 is 11.5 Å². The number of hydrogen-bond acceptors (Lipinski definition) is 3. The topological polar surface area (TPSA) is 149 Å². The van der Waals surface area contributed by atoms with Crippen molar-refractivity contribution in [1.29, 1.82) is 5.41 Å². The molecule has 0 heterocycles. The highest BCUT2D eigenvalue weighted by molar-refractivity contribution is 5.91. The molecule has 104 valence electrons. The molecule has 0 aliphatic heterocycles. The van der Waals surface area contributed by atoms with Gasteiger partial charge in [-0.2, -0.15) is 4.99 Å². The van der Waals surface area contributed by atoms with Gasteiger partial charge in [0.2, 0.25) is 5.96 Å². The maximum Gasteiger partial charge on any atom is 0.339 e. The van der Waals surface area contributed by atoms with Crippen molar-refractivity contribution in [2.45, 2.75) is 0 Å². The van der Waals surface area contributed by atoms with Gasteiger partial charge in [-0.05, 0) is 12.1 Å². The van der Waals surface area contributed by atoms with Gasteiger partial charge in [0.05, 0.1) is 0 Å². The number of para-hydroxylation sites is 1. The molecule has 8 heteroatoms. The van der Waals surface area contributed by atoms with Crippen LogP contribution in [0.5, 0.6) is 5.75 Å². The van der Waals surface area contributed by atoms with Gasteiger partial charge in [-0.3, -0.25) is 5.41 Å². The lowest BCUT2D eigenvalue weighted by molar-refractivity contribution is 0.0693. The van der Waals surface area contributed by atoms with Gasteiger partial charge in [-0.25, -0.2) is 4.79 Å². The SMILES string of the molecule is CN(C)C(=N)N=C(N)N.O=C(O)c1ccccc1O. The Hall–Kier alpha value is -2.77. The molecule has 7 N–H and O–H groups in total. The fourth-order valence-corrected chi connectivity index (χ4v) is 0.877. The van der Waals surface area contributed by atoms with E-state index in [4.69, 9.17) is 27.1 Å². The van der Waals surface area contributed by atoms with Gasteiger partial charge in [0.25, 0.3) is 0 Å². The second kappa shape index (κ2) is 7.54. The summed E-state index contributed by atoms with van der Waals surface area (Å²) in [4.78, 5) is 15.2. The molecule has 8 nitrogen and oxygen atoms in total. The molecule has 0 atom stereocenters. The van der Waals surface area contributed by atoms with E-state index < -0.39 is 5.97 Å². The van der Waals surface area contributed by atoms with Gasteiger partial charge >= 0.3 is 5.97 Å². The van der Waals surface area contributed by atoms with Crippen LogP contribution in [0.3, 0.4) is 0 Å². The Morgan fingerprint density at radius 2 is 1.84 bits per heavy atom. The number of carboxylic acids is 1. The number of aliphatic imine (C=N–C) groups is 1. The fraction of sp³-hybridized carbons (Fsp3) is 0.182. The summed E-state index contributed by atoms with van der Waals surface area (Å²) in [7, 11) is 3.38. The zero-order valence-electron chi connectivity index (χ0n) is 10.7. The number of benzene rings is 1. The standard InChI is InChI=1S/C7H6O3.C4H11N5/c8-6-4-2-1-3-5(6)7(9)10;1-9(2)4(7)8-3(5)6/h1-4,8H,(H,9,10);1-2H3,(H5,5,6,7,8). The third-order valence-electron chi connectivity index (χ3n) is 1.79. The maximum absolute atomic E-state index is 10.3. The molecule has 1 rings (SSSR count). The van der Waals surface area contributed by atoms with Crippen LogP contribution in [0.2, 0.25) is 0 Å². The van der Waals surface area contributed by atoms with E-state index in [1.807, 2.05) is 0 Å².